The number of nitrogens with two attached hydrogens (primary N) is 1. The van der Waals surface area contributed by atoms with E-state index >= 15 is 0 Å². The number of carbonyl (C=O) groups is 1. The normalized spacial score (nSPS) is 12.5. The Morgan fingerprint density at radius 1 is 1.35 bits per heavy atom. The molecule has 1 aromatic carbocycles. The third-order valence-electron chi connectivity index (χ3n) is 2.72. The molecule has 0 aliphatic heterocycles. The van der Waals surface area contributed by atoms with Crippen LogP contribution in [-0.2, 0) is 11.2 Å². The predicted octanol–water partition coefficient (Wildman–Crippen LogP) is 2.56. The van der Waals surface area contributed by atoms with E-state index in [4.69, 9.17) is 5.73 Å². The number of hydrogen-bond donors (Lipinski definition) is 2. The first-order valence-corrected chi connectivity index (χ1v) is 6.19. The number of anilines is 1. The minimum Gasteiger partial charge on any atom is -0.324 e. The summed E-state index contributed by atoms with van der Waals surface area (Å²) >= 11 is 0. The average molecular weight is 234 g/mol. The fourth-order valence-corrected chi connectivity index (χ4v) is 1.79. The molecule has 1 aromatic rings. The molecule has 94 valence electrons. The number of amides is 1. The van der Waals surface area contributed by atoms with Crippen LogP contribution in [0.25, 0.3) is 0 Å². The number of benzene rings is 1. The second kappa shape index (κ2) is 6.40. The number of para-hydroxylation sites is 1. The van der Waals surface area contributed by atoms with Gasteiger partial charge in [-0.05, 0) is 30.4 Å². The lowest BCUT2D eigenvalue weighted by atomic mass is 10.0. The Balaban J connectivity index is 2.67. The van der Waals surface area contributed by atoms with Gasteiger partial charge in [-0.15, -0.1) is 0 Å². The summed E-state index contributed by atoms with van der Waals surface area (Å²) in [6, 6.07) is 7.40. The molecule has 3 N–H and O–H groups in total. The van der Waals surface area contributed by atoms with Gasteiger partial charge in [0.15, 0.2) is 0 Å². The van der Waals surface area contributed by atoms with E-state index in [0.29, 0.717) is 12.3 Å². The highest BCUT2D eigenvalue weighted by atomic mass is 16.2. The first-order valence-electron chi connectivity index (χ1n) is 6.19. The van der Waals surface area contributed by atoms with E-state index in [1.807, 2.05) is 24.3 Å². The molecule has 0 fully saturated rings. The molecular formula is C14H22N2O. The maximum absolute atomic E-state index is 11.9. The highest BCUT2D eigenvalue weighted by molar-refractivity contribution is 5.95. The predicted molar refractivity (Wildman–Crippen MR) is 71.9 cm³/mol. The van der Waals surface area contributed by atoms with Gasteiger partial charge in [-0.25, -0.2) is 0 Å². The molecule has 0 unspecified atom stereocenters. The lowest BCUT2D eigenvalue weighted by Gasteiger charge is -2.15. The second-order valence-electron chi connectivity index (χ2n) is 4.74. The maximum Gasteiger partial charge on any atom is 0.241 e. The van der Waals surface area contributed by atoms with E-state index in [9.17, 15) is 4.79 Å². The zero-order valence-electron chi connectivity index (χ0n) is 10.9. The van der Waals surface area contributed by atoms with Gasteiger partial charge in [0.05, 0.1) is 6.04 Å². The molecule has 0 saturated heterocycles. The number of carbonyl (C=O) groups excluding carboxylic acids is 1. The fourth-order valence-electron chi connectivity index (χ4n) is 1.79. The van der Waals surface area contributed by atoms with Crippen molar-refractivity contribution in [3.63, 3.8) is 0 Å². The van der Waals surface area contributed by atoms with Gasteiger partial charge in [-0.3, -0.25) is 4.79 Å². The highest BCUT2D eigenvalue weighted by Gasteiger charge is 2.15. The average Bonchev–Trinajstić information content (AvgIpc) is 2.28. The lowest BCUT2D eigenvalue weighted by molar-refractivity contribution is -0.117. The smallest absolute Gasteiger partial charge is 0.241 e. The van der Waals surface area contributed by atoms with E-state index in [1.165, 1.54) is 0 Å². The molecule has 0 spiro atoms. The van der Waals surface area contributed by atoms with Crippen LogP contribution < -0.4 is 11.1 Å². The summed E-state index contributed by atoms with van der Waals surface area (Å²) in [6.45, 7) is 6.19. The summed E-state index contributed by atoms with van der Waals surface area (Å²) in [5.41, 5.74) is 7.86. The monoisotopic (exact) mass is 234 g/mol. The van der Waals surface area contributed by atoms with E-state index in [1.54, 1.807) is 0 Å². The topological polar surface area (TPSA) is 55.1 Å². The first-order chi connectivity index (χ1) is 8.04. The maximum atomic E-state index is 11.9. The number of rotatable bonds is 5. The molecule has 0 radical (unpaired) electrons. The summed E-state index contributed by atoms with van der Waals surface area (Å²) in [5, 5.41) is 2.90. The van der Waals surface area contributed by atoms with Crippen molar-refractivity contribution in [2.75, 3.05) is 5.32 Å². The minimum atomic E-state index is -0.431. The van der Waals surface area contributed by atoms with Crippen LogP contribution in [0, 0.1) is 5.92 Å². The first kappa shape index (κ1) is 13.7. The van der Waals surface area contributed by atoms with E-state index in [2.05, 4.69) is 26.1 Å². The Morgan fingerprint density at radius 2 is 2.00 bits per heavy atom. The second-order valence-corrected chi connectivity index (χ2v) is 4.74. The van der Waals surface area contributed by atoms with Crippen LogP contribution in [0.15, 0.2) is 24.3 Å². The summed E-state index contributed by atoms with van der Waals surface area (Å²) in [4.78, 5) is 11.9. The quantitative estimate of drug-likeness (QED) is 0.822. The molecule has 1 amide bonds. The Hall–Kier alpha value is -1.35. The van der Waals surface area contributed by atoms with Crippen molar-refractivity contribution in [1.29, 1.82) is 0 Å². The van der Waals surface area contributed by atoms with Crippen LogP contribution in [0.1, 0.15) is 32.8 Å². The van der Waals surface area contributed by atoms with Gasteiger partial charge in [0.25, 0.3) is 0 Å². The van der Waals surface area contributed by atoms with E-state index < -0.39 is 6.04 Å². The summed E-state index contributed by atoms with van der Waals surface area (Å²) in [7, 11) is 0. The van der Waals surface area contributed by atoms with Gasteiger partial charge >= 0.3 is 0 Å². The Labute approximate surface area is 103 Å². The van der Waals surface area contributed by atoms with Crippen LogP contribution in [0.3, 0.4) is 0 Å². The molecule has 0 bridgehead atoms. The van der Waals surface area contributed by atoms with Crippen LogP contribution >= 0.6 is 0 Å². The van der Waals surface area contributed by atoms with Crippen LogP contribution in [0.4, 0.5) is 5.69 Å². The molecule has 3 heteroatoms. The summed E-state index contributed by atoms with van der Waals surface area (Å²) in [6.07, 6.45) is 1.61. The van der Waals surface area contributed by atoms with Crippen molar-refractivity contribution >= 4 is 11.6 Å². The van der Waals surface area contributed by atoms with Crippen LogP contribution in [0.2, 0.25) is 0 Å². The number of nitrogens with one attached hydrogen (secondary N) is 1. The zero-order chi connectivity index (χ0) is 12.8. The van der Waals surface area contributed by atoms with Crippen LogP contribution in [-0.4, -0.2) is 11.9 Å². The van der Waals surface area contributed by atoms with Gasteiger partial charge in [0, 0.05) is 5.69 Å². The lowest BCUT2D eigenvalue weighted by Crippen LogP contribution is -2.36. The zero-order valence-corrected chi connectivity index (χ0v) is 10.9. The van der Waals surface area contributed by atoms with Crippen molar-refractivity contribution in [3.8, 4) is 0 Å². The molecular weight excluding hydrogens is 212 g/mol. The van der Waals surface area contributed by atoms with Gasteiger partial charge in [0.1, 0.15) is 0 Å². The minimum absolute atomic E-state index is 0.0976. The third-order valence-corrected chi connectivity index (χ3v) is 2.72. The Bertz CT molecular complexity index is 374. The molecule has 0 aliphatic rings. The number of aryl methyl sites for hydroxylation is 1. The summed E-state index contributed by atoms with van der Waals surface area (Å²) in [5.74, 6) is 0.330. The van der Waals surface area contributed by atoms with Gasteiger partial charge < -0.3 is 11.1 Å². The Morgan fingerprint density at radius 3 is 2.59 bits per heavy atom. The third kappa shape index (κ3) is 4.19. The van der Waals surface area contributed by atoms with Crippen molar-refractivity contribution in [1.82, 2.24) is 0 Å². The van der Waals surface area contributed by atoms with E-state index in [-0.39, 0.29) is 5.91 Å². The van der Waals surface area contributed by atoms with Crippen molar-refractivity contribution in [2.45, 2.75) is 39.7 Å². The molecule has 17 heavy (non-hydrogen) atoms. The van der Waals surface area contributed by atoms with Crippen LogP contribution in [0.5, 0.6) is 0 Å². The Kier molecular flexibility index (Phi) is 5.16. The van der Waals surface area contributed by atoms with Gasteiger partial charge in [-0.2, -0.15) is 0 Å². The van der Waals surface area contributed by atoms with Gasteiger partial charge in [-0.1, -0.05) is 39.0 Å². The molecule has 0 saturated carbocycles. The van der Waals surface area contributed by atoms with Crippen molar-refractivity contribution in [3.05, 3.63) is 29.8 Å². The van der Waals surface area contributed by atoms with E-state index in [0.717, 1.165) is 17.7 Å². The molecule has 1 rings (SSSR count). The molecule has 1 atom stereocenters. The van der Waals surface area contributed by atoms with Crippen molar-refractivity contribution in [2.24, 2.45) is 11.7 Å². The standard InChI is InChI=1S/C14H22N2O/c1-4-11-7-5-6-8-13(11)16-14(17)12(15)9-10(2)3/h5-8,10,12H,4,9,15H2,1-3H3,(H,16,17)/t12-/m0/s1. The van der Waals surface area contributed by atoms with Gasteiger partial charge in [0.2, 0.25) is 5.91 Å². The largest absolute Gasteiger partial charge is 0.324 e. The summed E-state index contributed by atoms with van der Waals surface area (Å²) < 4.78 is 0. The number of hydrogen-bond acceptors (Lipinski definition) is 2. The highest BCUT2D eigenvalue weighted by Crippen LogP contribution is 2.16. The van der Waals surface area contributed by atoms with Crippen molar-refractivity contribution < 1.29 is 4.79 Å². The fraction of sp³-hybridized carbons (Fsp3) is 0.500. The molecule has 0 aromatic heterocycles. The molecule has 0 heterocycles. The SMILES string of the molecule is CCc1ccccc1NC(=O)[C@@H](N)CC(C)C. The molecule has 0 aliphatic carbocycles. The molecule has 3 nitrogen and oxygen atoms in total.